The van der Waals surface area contributed by atoms with Crippen molar-refractivity contribution in [1.82, 2.24) is 0 Å². The Balaban J connectivity index is 1.86. The molecule has 1 aromatic rings. The molecule has 1 fully saturated rings. The van der Waals surface area contributed by atoms with Gasteiger partial charge in [-0.2, -0.15) is 0 Å². The number of alkyl halides is 1. The number of rotatable bonds is 4. The van der Waals surface area contributed by atoms with E-state index in [0.717, 1.165) is 24.8 Å². The fourth-order valence-corrected chi connectivity index (χ4v) is 2.99. The summed E-state index contributed by atoms with van der Waals surface area (Å²) in [5.74, 6) is -0.851. The SMILES string of the molecule is Fc1ccc(C(Cl)CCC2CCCCC2)cc1F. The van der Waals surface area contributed by atoms with Crippen molar-refractivity contribution in [1.29, 1.82) is 0 Å². The van der Waals surface area contributed by atoms with E-state index in [4.69, 9.17) is 11.6 Å². The zero-order chi connectivity index (χ0) is 13.0. The molecular weight excluding hydrogens is 254 g/mol. The van der Waals surface area contributed by atoms with Gasteiger partial charge in [-0.05, 0) is 36.5 Å². The Kier molecular flexibility index (Phi) is 4.99. The zero-order valence-corrected chi connectivity index (χ0v) is 11.2. The molecule has 100 valence electrons. The molecule has 2 rings (SSSR count). The fraction of sp³-hybridized carbons (Fsp3) is 0.600. The molecule has 1 aliphatic carbocycles. The van der Waals surface area contributed by atoms with Gasteiger partial charge in [0.15, 0.2) is 11.6 Å². The van der Waals surface area contributed by atoms with E-state index in [-0.39, 0.29) is 5.38 Å². The van der Waals surface area contributed by atoms with Crippen LogP contribution in [0, 0.1) is 17.6 Å². The van der Waals surface area contributed by atoms with Crippen molar-refractivity contribution in [2.75, 3.05) is 0 Å². The van der Waals surface area contributed by atoms with Crippen LogP contribution in [0.15, 0.2) is 18.2 Å². The Morgan fingerprint density at radius 2 is 1.83 bits per heavy atom. The van der Waals surface area contributed by atoms with Crippen LogP contribution < -0.4 is 0 Å². The highest BCUT2D eigenvalue weighted by Crippen LogP contribution is 2.33. The van der Waals surface area contributed by atoms with E-state index in [9.17, 15) is 8.78 Å². The molecule has 0 aliphatic heterocycles. The van der Waals surface area contributed by atoms with Gasteiger partial charge in [0.05, 0.1) is 5.38 Å². The maximum atomic E-state index is 13.1. The highest BCUT2D eigenvalue weighted by atomic mass is 35.5. The number of hydrogen-bond acceptors (Lipinski definition) is 0. The molecule has 1 saturated carbocycles. The van der Waals surface area contributed by atoms with Crippen LogP contribution in [0.1, 0.15) is 55.9 Å². The lowest BCUT2D eigenvalue weighted by Crippen LogP contribution is -2.07. The minimum absolute atomic E-state index is 0.206. The molecule has 0 aromatic heterocycles. The predicted octanol–water partition coefficient (Wildman–Crippen LogP) is 5.61. The van der Waals surface area contributed by atoms with E-state index in [2.05, 4.69) is 0 Å². The quantitative estimate of drug-likeness (QED) is 0.625. The summed E-state index contributed by atoms with van der Waals surface area (Å²) in [5.41, 5.74) is 0.686. The van der Waals surface area contributed by atoms with Crippen LogP contribution in [-0.2, 0) is 0 Å². The van der Waals surface area contributed by atoms with Crippen LogP contribution in [0.25, 0.3) is 0 Å². The van der Waals surface area contributed by atoms with Gasteiger partial charge in [-0.15, -0.1) is 11.6 Å². The normalized spacial score (nSPS) is 18.8. The third-order valence-electron chi connectivity index (χ3n) is 3.86. The minimum Gasteiger partial charge on any atom is -0.204 e. The monoisotopic (exact) mass is 272 g/mol. The molecule has 1 unspecified atom stereocenters. The van der Waals surface area contributed by atoms with Crippen LogP contribution in [0.3, 0.4) is 0 Å². The van der Waals surface area contributed by atoms with Crippen LogP contribution in [0.5, 0.6) is 0 Å². The van der Waals surface area contributed by atoms with Crippen molar-refractivity contribution in [2.24, 2.45) is 5.92 Å². The zero-order valence-electron chi connectivity index (χ0n) is 10.5. The van der Waals surface area contributed by atoms with Gasteiger partial charge in [-0.3, -0.25) is 0 Å². The van der Waals surface area contributed by atoms with E-state index in [0.29, 0.717) is 5.56 Å². The Hall–Kier alpha value is -0.630. The molecule has 0 amide bonds. The first-order valence-electron chi connectivity index (χ1n) is 6.76. The van der Waals surface area contributed by atoms with Crippen molar-refractivity contribution >= 4 is 11.6 Å². The topological polar surface area (TPSA) is 0 Å². The third-order valence-corrected chi connectivity index (χ3v) is 4.33. The van der Waals surface area contributed by atoms with Gasteiger partial charge in [-0.1, -0.05) is 38.2 Å². The molecule has 0 bridgehead atoms. The standard InChI is InChI=1S/C15H19ClF2/c16-13(8-6-11-4-2-1-3-5-11)12-7-9-14(17)15(18)10-12/h7,9-11,13H,1-6,8H2. The number of benzene rings is 1. The molecule has 1 aliphatic rings. The largest absolute Gasteiger partial charge is 0.204 e. The van der Waals surface area contributed by atoms with Crippen molar-refractivity contribution in [2.45, 2.75) is 50.3 Å². The average molecular weight is 273 g/mol. The van der Waals surface area contributed by atoms with E-state index >= 15 is 0 Å². The summed E-state index contributed by atoms with van der Waals surface area (Å²) in [7, 11) is 0. The van der Waals surface area contributed by atoms with E-state index in [1.165, 1.54) is 38.2 Å². The smallest absolute Gasteiger partial charge is 0.159 e. The van der Waals surface area contributed by atoms with Gasteiger partial charge in [0.2, 0.25) is 0 Å². The molecule has 1 atom stereocenters. The Morgan fingerprint density at radius 1 is 1.11 bits per heavy atom. The molecule has 18 heavy (non-hydrogen) atoms. The molecular formula is C15H19ClF2. The Bertz CT molecular complexity index is 386. The maximum Gasteiger partial charge on any atom is 0.159 e. The lowest BCUT2D eigenvalue weighted by atomic mass is 9.85. The summed E-state index contributed by atoms with van der Waals surface area (Å²) in [6, 6.07) is 3.95. The average Bonchev–Trinajstić information content (AvgIpc) is 2.40. The lowest BCUT2D eigenvalue weighted by molar-refractivity contribution is 0.331. The highest BCUT2D eigenvalue weighted by Gasteiger charge is 2.17. The van der Waals surface area contributed by atoms with E-state index < -0.39 is 11.6 Å². The molecule has 0 radical (unpaired) electrons. The molecule has 0 nitrogen and oxygen atoms in total. The Morgan fingerprint density at radius 3 is 2.50 bits per heavy atom. The minimum atomic E-state index is -0.810. The molecule has 0 spiro atoms. The van der Waals surface area contributed by atoms with Crippen molar-refractivity contribution < 1.29 is 8.78 Å². The van der Waals surface area contributed by atoms with Crippen LogP contribution >= 0.6 is 11.6 Å². The van der Waals surface area contributed by atoms with Gasteiger partial charge in [0, 0.05) is 0 Å². The van der Waals surface area contributed by atoms with Gasteiger partial charge in [0.1, 0.15) is 0 Å². The summed E-state index contributed by atoms with van der Waals surface area (Å²) in [6.45, 7) is 0. The summed E-state index contributed by atoms with van der Waals surface area (Å²) >= 11 is 6.26. The maximum absolute atomic E-state index is 13.1. The van der Waals surface area contributed by atoms with Gasteiger partial charge >= 0.3 is 0 Å². The highest BCUT2D eigenvalue weighted by molar-refractivity contribution is 6.20. The predicted molar refractivity (Wildman–Crippen MR) is 70.8 cm³/mol. The molecule has 0 heterocycles. The second kappa shape index (κ2) is 6.51. The number of hydrogen-bond donors (Lipinski definition) is 0. The van der Waals surface area contributed by atoms with Crippen LogP contribution in [-0.4, -0.2) is 0 Å². The molecule has 1 aromatic carbocycles. The van der Waals surface area contributed by atoms with Gasteiger partial charge in [-0.25, -0.2) is 8.78 Å². The summed E-state index contributed by atoms with van der Waals surface area (Å²) in [4.78, 5) is 0. The second-order valence-corrected chi connectivity index (χ2v) is 5.75. The summed E-state index contributed by atoms with van der Waals surface area (Å²) in [6.07, 6.45) is 8.52. The molecule has 0 N–H and O–H groups in total. The van der Waals surface area contributed by atoms with Gasteiger partial charge in [0.25, 0.3) is 0 Å². The van der Waals surface area contributed by atoms with Crippen molar-refractivity contribution in [3.05, 3.63) is 35.4 Å². The summed E-state index contributed by atoms with van der Waals surface area (Å²) < 4.78 is 25.9. The second-order valence-electron chi connectivity index (χ2n) is 5.22. The lowest BCUT2D eigenvalue weighted by Gasteiger charge is -2.22. The first-order chi connectivity index (χ1) is 8.66. The Labute approximate surface area is 112 Å². The number of halogens is 3. The third kappa shape index (κ3) is 3.68. The molecule has 0 saturated heterocycles. The van der Waals surface area contributed by atoms with E-state index in [1.807, 2.05) is 0 Å². The van der Waals surface area contributed by atoms with Crippen LogP contribution in [0.4, 0.5) is 8.78 Å². The van der Waals surface area contributed by atoms with Gasteiger partial charge < -0.3 is 0 Å². The summed E-state index contributed by atoms with van der Waals surface area (Å²) in [5, 5.41) is -0.206. The molecule has 3 heteroatoms. The van der Waals surface area contributed by atoms with Crippen molar-refractivity contribution in [3.63, 3.8) is 0 Å². The van der Waals surface area contributed by atoms with Crippen LogP contribution in [0.2, 0.25) is 0 Å². The van der Waals surface area contributed by atoms with E-state index in [1.54, 1.807) is 6.07 Å². The van der Waals surface area contributed by atoms with Crippen molar-refractivity contribution in [3.8, 4) is 0 Å². The fourth-order valence-electron chi connectivity index (χ4n) is 2.73. The first-order valence-corrected chi connectivity index (χ1v) is 7.19. The first kappa shape index (κ1) is 13.8.